The van der Waals surface area contributed by atoms with Crippen LogP contribution in [0.1, 0.15) is 38.5 Å². The van der Waals surface area contributed by atoms with Gasteiger partial charge in [0.25, 0.3) is 0 Å². The largest absolute Gasteiger partial charge is 0.411 e. The summed E-state index contributed by atoms with van der Waals surface area (Å²) >= 11 is 0. The first-order valence-electron chi connectivity index (χ1n) is 6.95. The molecule has 1 aliphatic rings. The quantitative estimate of drug-likeness (QED) is 0.729. The van der Waals surface area contributed by atoms with Gasteiger partial charge in [0.2, 0.25) is 0 Å². The minimum Gasteiger partial charge on any atom is -0.372 e. The first kappa shape index (κ1) is 16.7. The predicted molar refractivity (Wildman–Crippen MR) is 69.0 cm³/mol. The lowest BCUT2D eigenvalue weighted by Crippen LogP contribution is -2.53. The van der Waals surface area contributed by atoms with Crippen LogP contribution in [0.15, 0.2) is 0 Å². The molecule has 1 rings (SSSR count). The summed E-state index contributed by atoms with van der Waals surface area (Å²) in [6, 6.07) is 0. The first-order valence-corrected chi connectivity index (χ1v) is 6.95. The van der Waals surface area contributed by atoms with Gasteiger partial charge in [-0.1, -0.05) is 19.3 Å². The maximum absolute atomic E-state index is 11.9. The summed E-state index contributed by atoms with van der Waals surface area (Å²) < 4.78 is 40.3. The van der Waals surface area contributed by atoms with E-state index < -0.39 is 12.8 Å². The molecule has 0 aliphatic heterocycles. The standard InChI is InChI=1S/C13H25F3N2O/c1-18(8-5-9-19-11-13(14,15)16)12(10-17)6-3-2-4-7-12/h2-11,17H2,1H3. The number of halogens is 3. The first-order chi connectivity index (χ1) is 8.90. The molecule has 0 amide bonds. The third-order valence-electron chi connectivity index (χ3n) is 4.02. The molecule has 0 aromatic heterocycles. The summed E-state index contributed by atoms with van der Waals surface area (Å²) in [5.74, 6) is 0. The van der Waals surface area contributed by atoms with Gasteiger partial charge < -0.3 is 10.5 Å². The van der Waals surface area contributed by atoms with E-state index in [0.29, 0.717) is 13.0 Å². The fourth-order valence-electron chi connectivity index (χ4n) is 2.78. The van der Waals surface area contributed by atoms with E-state index in [1.165, 1.54) is 19.3 Å². The number of nitrogens with two attached hydrogens (primary N) is 1. The van der Waals surface area contributed by atoms with Crippen LogP contribution in [-0.4, -0.2) is 50.0 Å². The van der Waals surface area contributed by atoms with Crippen molar-refractivity contribution < 1.29 is 17.9 Å². The van der Waals surface area contributed by atoms with Crippen LogP contribution in [0.25, 0.3) is 0 Å². The number of nitrogens with zero attached hydrogens (tertiary/aromatic N) is 1. The summed E-state index contributed by atoms with van der Waals surface area (Å²) in [4.78, 5) is 2.21. The van der Waals surface area contributed by atoms with E-state index in [1.54, 1.807) is 0 Å². The van der Waals surface area contributed by atoms with Crippen LogP contribution in [0, 0.1) is 0 Å². The van der Waals surface area contributed by atoms with Crippen molar-refractivity contribution in [2.24, 2.45) is 5.73 Å². The van der Waals surface area contributed by atoms with Crippen LogP contribution >= 0.6 is 0 Å². The Morgan fingerprint density at radius 2 is 1.84 bits per heavy atom. The van der Waals surface area contributed by atoms with Gasteiger partial charge in [0.15, 0.2) is 0 Å². The lowest BCUT2D eigenvalue weighted by atomic mass is 9.80. The van der Waals surface area contributed by atoms with Crippen molar-refractivity contribution in [1.82, 2.24) is 4.90 Å². The molecule has 0 unspecified atom stereocenters. The maximum atomic E-state index is 11.9. The molecule has 1 aliphatic carbocycles. The smallest absolute Gasteiger partial charge is 0.372 e. The van der Waals surface area contributed by atoms with Gasteiger partial charge in [-0.25, -0.2) is 0 Å². The van der Waals surface area contributed by atoms with Gasteiger partial charge in [0, 0.05) is 25.2 Å². The third-order valence-corrected chi connectivity index (χ3v) is 4.02. The second kappa shape index (κ2) is 7.45. The van der Waals surface area contributed by atoms with E-state index in [-0.39, 0.29) is 12.1 Å². The summed E-state index contributed by atoms with van der Waals surface area (Å²) in [5.41, 5.74) is 5.95. The van der Waals surface area contributed by atoms with Crippen molar-refractivity contribution >= 4 is 0 Å². The fraction of sp³-hybridized carbons (Fsp3) is 1.00. The second-order valence-corrected chi connectivity index (χ2v) is 5.43. The van der Waals surface area contributed by atoms with Gasteiger partial charge in [0.05, 0.1) is 0 Å². The highest BCUT2D eigenvalue weighted by Gasteiger charge is 2.34. The van der Waals surface area contributed by atoms with E-state index in [2.05, 4.69) is 9.64 Å². The van der Waals surface area contributed by atoms with Gasteiger partial charge in [-0.3, -0.25) is 4.90 Å². The third kappa shape index (κ3) is 5.67. The van der Waals surface area contributed by atoms with Crippen LogP contribution in [0.5, 0.6) is 0 Å². The maximum Gasteiger partial charge on any atom is 0.411 e. The highest BCUT2D eigenvalue weighted by atomic mass is 19.4. The van der Waals surface area contributed by atoms with Gasteiger partial charge in [0.1, 0.15) is 6.61 Å². The number of ether oxygens (including phenoxy) is 1. The van der Waals surface area contributed by atoms with Crippen molar-refractivity contribution in [2.75, 3.05) is 33.4 Å². The van der Waals surface area contributed by atoms with Crippen LogP contribution in [0.2, 0.25) is 0 Å². The van der Waals surface area contributed by atoms with Crippen molar-refractivity contribution in [2.45, 2.75) is 50.2 Å². The monoisotopic (exact) mass is 282 g/mol. The zero-order valence-electron chi connectivity index (χ0n) is 11.6. The molecule has 6 heteroatoms. The Hall–Kier alpha value is -0.330. The zero-order valence-corrected chi connectivity index (χ0v) is 11.6. The fourth-order valence-corrected chi connectivity index (χ4v) is 2.78. The topological polar surface area (TPSA) is 38.5 Å². The number of likely N-dealkylation sites (N-methyl/N-ethyl adjacent to an activating group) is 1. The number of rotatable bonds is 7. The summed E-state index contributed by atoms with van der Waals surface area (Å²) in [5, 5.41) is 0. The van der Waals surface area contributed by atoms with E-state index in [9.17, 15) is 13.2 Å². The summed E-state index contributed by atoms with van der Waals surface area (Å²) in [6.07, 6.45) is 2.18. The van der Waals surface area contributed by atoms with Crippen LogP contribution in [-0.2, 0) is 4.74 Å². The molecule has 0 aromatic rings. The summed E-state index contributed by atoms with van der Waals surface area (Å²) in [7, 11) is 2.02. The summed E-state index contributed by atoms with van der Waals surface area (Å²) in [6.45, 7) is 0.339. The predicted octanol–water partition coefficient (Wildman–Crippen LogP) is 2.55. The molecule has 0 spiro atoms. The van der Waals surface area contributed by atoms with Crippen LogP contribution in [0.3, 0.4) is 0 Å². The Labute approximate surface area is 113 Å². The number of hydrogen-bond acceptors (Lipinski definition) is 3. The molecule has 114 valence electrons. The second-order valence-electron chi connectivity index (χ2n) is 5.43. The molecule has 19 heavy (non-hydrogen) atoms. The van der Waals surface area contributed by atoms with E-state index in [1.807, 2.05) is 7.05 Å². The minimum absolute atomic E-state index is 0.0439. The van der Waals surface area contributed by atoms with Crippen molar-refractivity contribution in [3.63, 3.8) is 0 Å². The highest BCUT2D eigenvalue weighted by Crippen LogP contribution is 2.32. The van der Waals surface area contributed by atoms with E-state index in [0.717, 1.165) is 19.4 Å². The average molecular weight is 282 g/mol. The lowest BCUT2D eigenvalue weighted by molar-refractivity contribution is -0.174. The van der Waals surface area contributed by atoms with E-state index >= 15 is 0 Å². The average Bonchev–Trinajstić information content (AvgIpc) is 2.37. The van der Waals surface area contributed by atoms with Gasteiger partial charge in [-0.15, -0.1) is 0 Å². The molecule has 0 saturated heterocycles. The lowest BCUT2D eigenvalue weighted by Gasteiger charge is -2.44. The normalized spacial score (nSPS) is 19.9. The molecule has 0 atom stereocenters. The molecule has 1 saturated carbocycles. The molecular weight excluding hydrogens is 257 g/mol. The Bertz CT molecular complexity index is 253. The molecule has 1 fully saturated rings. The molecule has 2 N–H and O–H groups in total. The number of hydrogen-bond donors (Lipinski definition) is 1. The van der Waals surface area contributed by atoms with Gasteiger partial charge in [-0.2, -0.15) is 13.2 Å². The van der Waals surface area contributed by atoms with Gasteiger partial charge >= 0.3 is 6.18 Å². The molecule has 3 nitrogen and oxygen atoms in total. The Morgan fingerprint density at radius 1 is 1.21 bits per heavy atom. The molecule has 0 aromatic carbocycles. The molecule has 0 bridgehead atoms. The van der Waals surface area contributed by atoms with Crippen LogP contribution < -0.4 is 5.73 Å². The molecule has 0 radical (unpaired) electrons. The zero-order chi connectivity index (χ0) is 14.4. The van der Waals surface area contributed by atoms with Crippen molar-refractivity contribution in [1.29, 1.82) is 0 Å². The minimum atomic E-state index is -4.23. The molecule has 0 heterocycles. The Balaban J connectivity index is 2.24. The number of alkyl halides is 3. The van der Waals surface area contributed by atoms with E-state index in [4.69, 9.17) is 5.73 Å². The SMILES string of the molecule is CN(CCCOCC(F)(F)F)C1(CN)CCCCC1. The van der Waals surface area contributed by atoms with Crippen molar-refractivity contribution in [3.8, 4) is 0 Å². The van der Waals surface area contributed by atoms with Crippen molar-refractivity contribution in [3.05, 3.63) is 0 Å². The molecular formula is C13H25F3N2O. The highest BCUT2D eigenvalue weighted by molar-refractivity contribution is 4.92. The Morgan fingerprint density at radius 3 is 2.37 bits per heavy atom. The van der Waals surface area contributed by atoms with Crippen LogP contribution in [0.4, 0.5) is 13.2 Å². The Kier molecular flexibility index (Phi) is 6.56. The van der Waals surface area contributed by atoms with Gasteiger partial charge in [-0.05, 0) is 26.3 Å².